The van der Waals surface area contributed by atoms with E-state index in [1.807, 2.05) is 6.07 Å². The molecule has 2 aromatic rings. The fraction of sp³-hybridized carbons (Fsp3) is 0.143. The molecule has 5 nitrogen and oxygen atoms in total. The van der Waals surface area contributed by atoms with Gasteiger partial charge in [0.15, 0.2) is 11.5 Å². The third-order valence-corrected chi connectivity index (χ3v) is 4.80. The molecule has 0 fully saturated rings. The van der Waals surface area contributed by atoms with Gasteiger partial charge in [-0.1, -0.05) is 41.9 Å². The van der Waals surface area contributed by atoms with Crippen LogP contribution in [0.2, 0.25) is 10.0 Å². The van der Waals surface area contributed by atoms with Gasteiger partial charge in [-0.3, -0.25) is 4.79 Å². The minimum absolute atomic E-state index is 0.248. The summed E-state index contributed by atoms with van der Waals surface area (Å²) in [6.07, 6.45) is 3.42. The maximum absolute atomic E-state index is 12.9. The summed E-state index contributed by atoms with van der Waals surface area (Å²) in [5, 5.41) is 6.43. The van der Waals surface area contributed by atoms with Gasteiger partial charge in [0.1, 0.15) is 6.61 Å². The van der Waals surface area contributed by atoms with Gasteiger partial charge in [-0.25, -0.2) is 0 Å². The Balaban J connectivity index is 1.90. The Bertz CT molecular complexity index is 999. The van der Waals surface area contributed by atoms with Crippen molar-refractivity contribution in [2.75, 3.05) is 18.7 Å². The fourth-order valence-electron chi connectivity index (χ4n) is 2.68. The maximum atomic E-state index is 12.9. The minimum Gasteiger partial charge on any atom is -0.493 e. The van der Waals surface area contributed by atoms with E-state index < -0.39 is 0 Å². The van der Waals surface area contributed by atoms with E-state index in [9.17, 15) is 4.79 Å². The molecule has 7 heteroatoms. The molecule has 0 atom stereocenters. The highest BCUT2D eigenvalue weighted by atomic mass is 35.5. The van der Waals surface area contributed by atoms with Gasteiger partial charge < -0.3 is 9.47 Å². The van der Waals surface area contributed by atoms with Gasteiger partial charge in [0, 0.05) is 0 Å². The smallest absolute Gasteiger partial charge is 0.280 e. The normalized spacial score (nSPS) is 15.0. The third kappa shape index (κ3) is 4.06. The van der Waals surface area contributed by atoms with Crippen LogP contribution < -0.4 is 14.5 Å². The molecule has 0 bridgehead atoms. The van der Waals surface area contributed by atoms with Gasteiger partial charge in [-0.15, -0.1) is 0 Å². The van der Waals surface area contributed by atoms with Gasteiger partial charge >= 0.3 is 0 Å². The number of nitrogens with zero attached hydrogens (tertiary/aromatic N) is 2. The van der Waals surface area contributed by atoms with E-state index in [0.717, 1.165) is 5.56 Å². The molecule has 1 heterocycles. The molecule has 0 aliphatic carbocycles. The number of hydrogen-bond donors (Lipinski definition) is 0. The molecule has 1 aliphatic heterocycles. The fourth-order valence-corrected chi connectivity index (χ4v) is 2.98. The van der Waals surface area contributed by atoms with Crippen LogP contribution in [0.4, 0.5) is 5.69 Å². The van der Waals surface area contributed by atoms with Crippen molar-refractivity contribution >= 4 is 46.6 Å². The maximum Gasteiger partial charge on any atom is 0.280 e. The Morgan fingerprint density at radius 2 is 1.93 bits per heavy atom. The van der Waals surface area contributed by atoms with E-state index in [1.165, 1.54) is 5.01 Å². The van der Waals surface area contributed by atoms with E-state index in [-0.39, 0.29) is 5.91 Å². The number of hydrogen-bond acceptors (Lipinski definition) is 4. The number of ether oxygens (including phenoxy) is 2. The molecule has 0 N–H and O–H groups in total. The zero-order valence-electron chi connectivity index (χ0n) is 15.4. The second-order valence-electron chi connectivity index (χ2n) is 5.97. The van der Waals surface area contributed by atoms with Gasteiger partial charge in [0.05, 0.1) is 34.1 Å². The summed E-state index contributed by atoms with van der Waals surface area (Å²) in [6.45, 7) is 5.78. The van der Waals surface area contributed by atoms with Crippen molar-refractivity contribution < 1.29 is 14.3 Å². The van der Waals surface area contributed by atoms with Crippen LogP contribution in [0.5, 0.6) is 11.5 Å². The van der Waals surface area contributed by atoms with Crippen LogP contribution >= 0.6 is 23.2 Å². The first kappa shape index (κ1) is 20.0. The van der Waals surface area contributed by atoms with Crippen molar-refractivity contribution in [3.05, 3.63) is 70.2 Å². The van der Waals surface area contributed by atoms with Crippen LogP contribution in [-0.4, -0.2) is 25.3 Å². The molecular weight excluding hydrogens is 399 g/mol. The first-order valence-electron chi connectivity index (χ1n) is 8.43. The molecule has 0 saturated heterocycles. The zero-order valence-corrected chi connectivity index (χ0v) is 16.9. The molecule has 0 saturated carbocycles. The number of rotatable bonds is 6. The summed E-state index contributed by atoms with van der Waals surface area (Å²) in [5.74, 6) is 0.921. The van der Waals surface area contributed by atoms with Gasteiger partial charge in [-0.2, -0.15) is 10.1 Å². The third-order valence-electron chi connectivity index (χ3n) is 4.07. The second kappa shape index (κ2) is 8.50. The molecule has 144 valence electrons. The van der Waals surface area contributed by atoms with E-state index in [2.05, 4.69) is 11.7 Å². The second-order valence-corrected chi connectivity index (χ2v) is 6.78. The van der Waals surface area contributed by atoms with E-state index in [0.29, 0.717) is 45.1 Å². The Hall–Kier alpha value is -2.76. The number of anilines is 1. The number of carbonyl (C=O) groups is 1. The Kier molecular flexibility index (Phi) is 6.07. The summed E-state index contributed by atoms with van der Waals surface area (Å²) < 4.78 is 10.9. The van der Waals surface area contributed by atoms with Gasteiger partial charge in [-0.05, 0) is 48.9 Å². The SMILES string of the molecule is C=CCOc1ccc(/C=C2/C(=O)N(c3ccc(Cl)c(Cl)c3)N=C2C)cc1OC. The monoisotopic (exact) mass is 416 g/mol. The number of carbonyl (C=O) groups excluding carboxylic acids is 1. The highest BCUT2D eigenvalue weighted by Crippen LogP contribution is 2.32. The molecule has 1 amide bonds. The topological polar surface area (TPSA) is 51.1 Å². The average molecular weight is 417 g/mol. The highest BCUT2D eigenvalue weighted by Gasteiger charge is 2.29. The zero-order chi connectivity index (χ0) is 20.3. The lowest BCUT2D eigenvalue weighted by molar-refractivity contribution is -0.114. The predicted octanol–water partition coefficient (Wildman–Crippen LogP) is 5.37. The molecule has 0 aromatic heterocycles. The minimum atomic E-state index is -0.248. The van der Waals surface area contributed by atoms with Crippen molar-refractivity contribution in [3.8, 4) is 11.5 Å². The molecule has 3 rings (SSSR count). The van der Waals surface area contributed by atoms with Crippen LogP contribution in [-0.2, 0) is 4.79 Å². The standard InChI is InChI=1S/C21H18Cl2N2O3/c1-4-9-28-19-8-5-14(11-20(19)27-3)10-16-13(2)24-25(21(16)26)15-6-7-17(22)18(23)12-15/h4-8,10-12H,1,9H2,2-3H3/b16-10+. The van der Waals surface area contributed by atoms with Crippen LogP contribution in [0.3, 0.4) is 0 Å². The summed E-state index contributed by atoms with van der Waals surface area (Å²) >= 11 is 12.0. The van der Waals surface area contributed by atoms with Crippen molar-refractivity contribution in [1.82, 2.24) is 0 Å². The van der Waals surface area contributed by atoms with Crippen LogP contribution in [0.15, 0.2) is 59.7 Å². The van der Waals surface area contributed by atoms with Gasteiger partial charge in [0.25, 0.3) is 5.91 Å². The van der Waals surface area contributed by atoms with E-state index in [4.69, 9.17) is 32.7 Å². The van der Waals surface area contributed by atoms with Crippen molar-refractivity contribution in [1.29, 1.82) is 0 Å². The lowest BCUT2D eigenvalue weighted by atomic mass is 10.1. The Morgan fingerprint density at radius 1 is 1.14 bits per heavy atom. The molecule has 1 aliphatic rings. The van der Waals surface area contributed by atoms with E-state index >= 15 is 0 Å². The number of amides is 1. The van der Waals surface area contributed by atoms with Crippen LogP contribution in [0.1, 0.15) is 12.5 Å². The number of benzene rings is 2. The highest BCUT2D eigenvalue weighted by molar-refractivity contribution is 6.42. The van der Waals surface area contributed by atoms with Crippen molar-refractivity contribution in [2.24, 2.45) is 5.10 Å². The molecule has 0 spiro atoms. The lowest BCUT2D eigenvalue weighted by Crippen LogP contribution is -2.21. The quantitative estimate of drug-likeness (QED) is 0.469. The Morgan fingerprint density at radius 3 is 2.61 bits per heavy atom. The first-order chi connectivity index (χ1) is 13.4. The number of methoxy groups -OCH3 is 1. The largest absolute Gasteiger partial charge is 0.493 e. The molecule has 2 aromatic carbocycles. The molecule has 0 radical (unpaired) electrons. The summed E-state index contributed by atoms with van der Waals surface area (Å²) in [6, 6.07) is 10.4. The Labute approximate surface area is 173 Å². The predicted molar refractivity (Wildman–Crippen MR) is 114 cm³/mol. The van der Waals surface area contributed by atoms with E-state index in [1.54, 1.807) is 56.5 Å². The molecule has 28 heavy (non-hydrogen) atoms. The average Bonchev–Trinajstić information content (AvgIpc) is 2.97. The molecule has 0 unspecified atom stereocenters. The summed E-state index contributed by atoms with van der Waals surface area (Å²) in [7, 11) is 1.56. The number of hydrazone groups is 1. The summed E-state index contributed by atoms with van der Waals surface area (Å²) in [4.78, 5) is 12.9. The first-order valence-corrected chi connectivity index (χ1v) is 9.18. The van der Waals surface area contributed by atoms with Crippen LogP contribution in [0.25, 0.3) is 6.08 Å². The van der Waals surface area contributed by atoms with Crippen molar-refractivity contribution in [3.63, 3.8) is 0 Å². The van der Waals surface area contributed by atoms with Crippen molar-refractivity contribution in [2.45, 2.75) is 6.92 Å². The van der Waals surface area contributed by atoms with Crippen LogP contribution in [0, 0.1) is 0 Å². The summed E-state index contributed by atoms with van der Waals surface area (Å²) in [5.41, 5.74) is 2.42. The number of halogens is 2. The lowest BCUT2D eigenvalue weighted by Gasteiger charge is -2.12. The molecular formula is C21H18Cl2N2O3. The van der Waals surface area contributed by atoms with Gasteiger partial charge in [0.2, 0.25) is 0 Å².